The summed E-state index contributed by atoms with van der Waals surface area (Å²) in [6.07, 6.45) is 0.349. The van der Waals surface area contributed by atoms with E-state index in [9.17, 15) is 10.1 Å². The molecule has 2 aromatic carbocycles. The summed E-state index contributed by atoms with van der Waals surface area (Å²) in [5.41, 5.74) is 1.33. The first kappa shape index (κ1) is 15.4. The van der Waals surface area contributed by atoms with Crippen LogP contribution in [-0.2, 0) is 11.2 Å². The Labute approximate surface area is 133 Å². The summed E-state index contributed by atoms with van der Waals surface area (Å²) in [5, 5.41) is 12.5. The fourth-order valence-corrected chi connectivity index (χ4v) is 2.21. The van der Waals surface area contributed by atoms with Crippen molar-refractivity contribution in [3.8, 4) is 6.07 Å². The molecular formula is C16H12Cl2N2O. The van der Waals surface area contributed by atoms with Gasteiger partial charge in [-0.3, -0.25) is 4.79 Å². The molecule has 0 aliphatic carbocycles. The van der Waals surface area contributed by atoms with Crippen molar-refractivity contribution in [3.63, 3.8) is 0 Å². The molecule has 0 aliphatic heterocycles. The molecule has 106 valence electrons. The van der Waals surface area contributed by atoms with Crippen LogP contribution in [0, 0.1) is 17.2 Å². The minimum atomic E-state index is -0.789. The number of nitriles is 1. The summed E-state index contributed by atoms with van der Waals surface area (Å²) in [4.78, 5) is 12.2. The first-order chi connectivity index (χ1) is 10.1. The number of benzene rings is 2. The summed E-state index contributed by atoms with van der Waals surface area (Å²) in [6, 6.07) is 16.4. The van der Waals surface area contributed by atoms with E-state index in [2.05, 4.69) is 5.32 Å². The third-order valence-corrected chi connectivity index (χ3v) is 3.78. The Morgan fingerprint density at radius 1 is 1.14 bits per heavy atom. The van der Waals surface area contributed by atoms with Crippen LogP contribution in [0.25, 0.3) is 0 Å². The minimum Gasteiger partial charge on any atom is -0.324 e. The highest BCUT2D eigenvalue weighted by Gasteiger charge is 2.19. The predicted molar refractivity (Wildman–Crippen MR) is 84.3 cm³/mol. The standard InChI is InChI=1S/C16H12Cl2N2O/c17-13-7-4-8-14(15(13)18)20-16(21)12(10-19)9-11-5-2-1-3-6-11/h1-8,12H,9H2,(H,20,21). The Kier molecular flexibility index (Phi) is 5.21. The van der Waals surface area contributed by atoms with Crippen molar-refractivity contribution in [2.75, 3.05) is 5.32 Å². The normalized spacial score (nSPS) is 11.5. The molecule has 0 radical (unpaired) electrons. The Bertz CT molecular complexity index is 680. The van der Waals surface area contributed by atoms with E-state index in [0.29, 0.717) is 17.1 Å². The van der Waals surface area contributed by atoms with Crippen molar-refractivity contribution in [1.29, 1.82) is 5.26 Å². The fraction of sp³-hybridized carbons (Fsp3) is 0.125. The molecule has 0 aromatic heterocycles. The van der Waals surface area contributed by atoms with E-state index >= 15 is 0 Å². The van der Waals surface area contributed by atoms with Crippen molar-refractivity contribution in [1.82, 2.24) is 0 Å². The Morgan fingerprint density at radius 2 is 1.86 bits per heavy atom. The maximum Gasteiger partial charge on any atom is 0.242 e. The van der Waals surface area contributed by atoms with Gasteiger partial charge in [-0.25, -0.2) is 0 Å². The zero-order valence-corrected chi connectivity index (χ0v) is 12.5. The summed E-state index contributed by atoms with van der Waals surface area (Å²) >= 11 is 11.9. The molecule has 21 heavy (non-hydrogen) atoms. The maximum absolute atomic E-state index is 12.2. The van der Waals surface area contributed by atoms with Gasteiger partial charge in [0, 0.05) is 0 Å². The molecule has 0 bridgehead atoms. The molecule has 3 nitrogen and oxygen atoms in total. The second-order valence-corrected chi connectivity index (χ2v) is 5.25. The van der Waals surface area contributed by atoms with E-state index < -0.39 is 11.8 Å². The lowest BCUT2D eigenvalue weighted by Crippen LogP contribution is -2.23. The van der Waals surface area contributed by atoms with Crippen molar-refractivity contribution >= 4 is 34.8 Å². The highest BCUT2D eigenvalue weighted by Crippen LogP contribution is 2.29. The number of amides is 1. The van der Waals surface area contributed by atoms with Crippen LogP contribution in [0.4, 0.5) is 5.69 Å². The van der Waals surface area contributed by atoms with Crippen molar-refractivity contribution < 1.29 is 4.79 Å². The maximum atomic E-state index is 12.2. The second kappa shape index (κ2) is 7.12. The lowest BCUT2D eigenvalue weighted by molar-refractivity contribution is -0.118. The van der Waals surface area contributed by atoms with Crippen LogP contribution in [0.2, 0.25) is 10.0 Å². The first-order valence-corrected chi connectivity index (χ1v) is 7.06. The van der Waals surface area contributed by atoms with Crippen LogP contribution in [0.5, 0.6) is 0 Å². The molecule has 2 rings (SSSR count). The van der Waals surface area contributed by atoms with Gasteiger partial charge in [0.1, 0.15) is 5.92 Å². The molecule has 0 saturated heterocycles. The van der Waals surface area contributed by atoms with E-state index in [1.165, 1.54) is 0 Å². The molecule has 2 aromatic rings. The second-order valence-electron chi connectivity index (χ2n) is 4.46. The monoisotopic (exact) mass is 318 g/mol. The third-order valence-electron chi connectivity index (χ3n) is 2.96. The van der Waals surface area contributed by atoms with Gasteiger partial charge in [-0.05, 0) is 24.1 Å². The van der Waals surface area contributed by atoms with Gasteiger partial charge >= 0.3 is 0 Å². The number of hydrogen-bond donors (Lipinski definition) is 1. The molecule has 1 atom stereocenters. The van der Waals surface area contributed by atoms with Crippen LogP contribution in [0.15, 0.2) is 48.5 Å². The van der Waals surface area contributed by atoms with Gasteiger partial charge in [0.15, 0.2) is 0 Å². The number of nitrogens with one attached hydrogen (secondary N) is 1. The van der Waals surface area contributed by atoms with Crippen molar-refractivity contribution in [3.05, 3.63) is 64.1 Å². The first-order valence-electron chi connectivity index (χ1n) is 6.30. The van der Waals surface area contributed by atoms with Gasteiger partial charge in [-0.2, -0.15) is 5.26 Å². The molecule has 0 aliphatic rings. The van der Waals surface area contributed by atoms with Crippen LogP contribution >= 0.6 is 23.2 Å². The highest BCUT2D eigenvalue weighted by molar-refractivity contribution is 6.44. The predicted octanol–water partition coefficient (Wildman–Crippen LogP) is 4.31. The van der Waals surface area contributed by atoms with Crippen molar-refractivity contribution in [2.24, 2.45) is 5.92 Å². The van der Waals surface area contributed by atoms with E-state index in [-0.39, 0.29) is 5.02 Å². The van der Waals surface area contributed by atoms with Gasteiger partial charge in [-0.15, -0.1) is 0 Å². The van der Waals surface area contributed by atoms with Crippen LogP contribution < -0.4 is 5.32 Å². The number of anilines is 1. The summed E-state index contributed by atoms with van der Waals surface area (Å²) < 4.78 is 0. The quantitative estimate of drug-likeness (QED) is 0.913. The molecule has 1 unspecified atom stereocenters. The smallest absolute Gasteiger partial charge is 0.242 e. The van der Waals surface area contributed by atoms with E-state index in [1.807, 2.05) is 36.4 Å². The lowest BCUT2D eigenvalue weighted by Gasteiger charge is -2.12. The third kappa shape index (κ3) is 3.98. The lowest BCUT2D eigenvalue weighted by atomic mass is 10.00. The number of rotatable bonds is 4. The van der Waals surface area contributed by atoms with Gasteiger partial charge in [-0.1, -0.05) is 59.6 Å². The number of halogens is 2. The van der Waals surface area contributed by atoms with E-state index in [1.54, 1.807) is 18.2 Å². The van der Waals surface area contributed by atoms with Crippen LogP contribution in [0.1, 0.15) is 5.56 Å². The van der Waals surface area contributed by atoms with Gasteiger partial charge in [0.25, 0.3) is 0 Å². The Hall–Kier alpha value is -2.02. The fourth-order valence-electron chi connectivity index (χ4n) is 1.87. The summed E-state index contributed by atoms with van der Waals surface area (Å²) in [7, 11) is 0. The largest absolute Gasteiger partial charge is 0.324 e. The number of nitrogens with zero attached hydrogens (tertiary/aromatic N) is 1. The Balaban J connectivity index is 2.11. The van der Waals surface area contributed by atoms with Gasteiger partial charge in [0.2, 0.25) is 5.91 Å². The summed E-state index contributed by atoms with van der Waals surface area (Å²) in [5.74, 6) is -1.19. The molecule has 0 heterocycles. The number of carbonyl (C=O) groups is 1. The highest BCUT2D eigenvalue weighted by atomic mass is 35.5. The zero-order valence-electron chi connectivity index (χ0n) is 11.0. The van der Waals surface area contributed by atoms with Crippen LogP contribution in [0.3, 0.4) is 0 Å². The Morgan fingerprint density at radius 3 is 2.52 bits per heavy atom. The average molecular weight is 319 g/mol. The average Bonchev–Trinajstić information content (AvgIpc) is 2.50. The number of hydrogen-bond acceptors (Lipinski definition) is 2. The molecule has 5 heteroatoms. The van der Waals surface area contributed by atoms with Crippen LogP contribution in [-0.4, -0.2) is 5.91 Å². The molecule has 0 fully saturated rings. The topological polar surface area (TPSA) is 52.9 Å². The molecule has 0 saturated carbocycles. The molecular weight excluding hydrogens is 307 g/mol. The van der Waals surface area contributed by atoms with Gasteiger partial charge < -0.3 is 5.32 Å². The van der Waals surface area contributed by atoms with E-state index in [4.69, 9.17) is 23.2 Å². The summed E-state index contributed by atoms with van der Waals surface area (Å²) in [6.45, 7) is 0. The zero-order chi connectivity index (χ0) is 15.2. The van der Waals surface area contributed by atoms with E-state index in [0.717, 1.165) is 5.56 Å². The van der Waals surface area contributed by atoms with Gasteiger partial charge in [0.05, 0.1) is 21.8 Å². The van der Waals surface area contributed by atoms with Crippen molar-refractivity contribution in [2.45, 2.75) is 6.42 Å². The molecule has 1 N–H and O–H groups in total. The minimum absolute atomic E-state index is 0.268. The molecule has 0 spiro atoms. The number of carbonyl (C=O) groups excluding carboxylic acids is 1. The molecule has 1 amide bonds. The SMILES string of the molecule is N#CC(Cc1ccccc1)C(=O)Nc1cccc(Cl)c1Cl.